The summed E-state index contributed by atoms with van der Waals surface area (Å²) in [5.41, 5.74) is 0. The Bertz CT molecular complexity index is 1630. The molecule has 338 valence electrons. The predicted octanol–water partition coefficient (Wildman–Crippen LogP) is 4.83. The number of aromatic nitrogens is 6. The number of nitrogens with zero attached hydrogens (tertiary/aromatic N) is 9. The molecule has 0 unspecified atom stereocenters. The standard InChI is InChI=1S/2C13H18ClN3O3.C8H9Cl2N3O.C5H10O2/c14-13-15-11(17-3-7-19-8-4-17)9-12(16-13)20-10-1-5-18-6-2-10;14-11-9-12(17-3-7-19-8-4-17)16-13(15-11)20-10-1-5-18-6-2-10;9-6-5-7(12-8(10)11-6)13-1-3-14-4-2-13;6-5-1-3-7-4-2-5/h2*9-10H,1-8H2;5H,1-4H2;5-6H,1-4H2. The topological polar surface area (TPSA) is 181 Å². The quantitative estimate of drug-likeness (QED) is 0.251. The summed E-state index contributed by atoms with van der Waals surface area (Å²) in [5, 5.41) is 10.0. The third-order valence-corrected chi connectivity index (χ3v) is 10.8. The van der Waals surface area contributed by atoms with E-state index in [1.165, 1.54) is 0 Å². The third kappa shape index (κ3) is 17.0. The van der Waals surface area contributed by atoms with Gasteiger partial charge in [0.25, 0.3) is 0 Å². The lowest BCUT2D eigenvalue weighted by atomic mass is 10.2. The highest BCUT2D eigenvalue weighted by Gasteiger charge is 2.21. The second kappa shape index (κ2) is 26.0. The van der Waals surface area contributed by atoms with Gasteiger partial charge in [-0.15, -0.1) is 0 Å². The Balaban J connectivity index is 0.000000143. The van der Waals surface area contributed by atoms with E-state index in [0.29, 0.717) is 61.8 Å². The van der Waals surface area contributed by atoms with E-state index < -0.39 is 0 Å². The predicted molar refractivity (Wildman–Crippen MR) is 230 cm³/mol. The van der Waals surface area contributed by atoms with Crippen molar-refractivity contribution >= 4 is 63.9 Å². The molecule has 61 heavy (non-hydrogen) atoms. The molecule has 3 aromatic rings. The van der Waals surface area contributed by atoms with E-state index in [-0.39, 0.29) is 28.9 Å². The van der Waals surface area contributed by atoms with Crippen molar-refractivity contribution < 1.29 is 43.0 Å². The average Bonchev–Trinajstić information content (AvgIpc) is 3.28. The Labute approximate surface area is 376 Å². The maximum Gasteiger partial charge on any atom is 0.320 e. The number of morpholine rings is 3. The van der Waals surface area contributed by atoms with Gasteiger partial charge in [-0.3, -0.25) is 0 Å². The number of rotatable bonds is 7. The van der Waals surface area contributed by atoms with Crippen molar-refractivity contribution in [2.45, 2.75) is 56.8 Å². The van der Waals surface area contributed by atoms with Crippen LogP contribution in [0.4, 0.5) is 17.5 Å². The molecule has 0 atom stereocenters. The molecule has 0 amide bonds. The van der Waals surface area contributed by atoms with E-state index in [1.54, 1.807) is 12.1 Å². The van der Waals surface area contributed by atoms with Gasteiger partial charge in [-0.1, -0.05) is 23.2 Å². The van der Waals surface area contributed by atoms with Gasteiger partial charge in [-0.25, -0.2) is 15.0 Å². The number of ether oxygens (including phenoxy) is 8. The lowest BCUT2D eigenvalue weighted by Crippen LogP contribution is -2.37. The van der Waals surface area contributed by atoms with Gasteiger partial charge in [-0.05, 0) is 36.0 Å². The normalized spacial score (nSPS) is 20.6. The monoisotopic (exact) mass is 933 g/mol. The first-order valence-corrected chi connectivity index (χ1v) is 22.3. The van der Waals surface area contributed by atoms with Gasteiger partial charge in [0.1, 0.15) is 40.0 Å². The zero-order valence-electron chi connectivity index (χ0n) is 34.2. The van der Waals surface area contributed by atoms with Gasteiger partial charge in [0.2, 0.25) is 16.4 Å². The van der Waals surface area contributed by atoms with E-state index in [1.807, 2.05) is 6.07 Å². The van der Waals surface area contributed by atoms with Crippen LogP contribution in [0.15, 0.2) is 18.2 Å². The van der Waals surface area contributed by atoms with E-state index in [0.717, 1.165) is 135 Å². The second-order valence-corrected chi connectivity index (χ2v) is 15.9. The van der Waals surface area contributed by atoms with Crippen LogP contribution in [-0.4, -0.2) is 172 Å². The van der Waals surface area contributed by atoms with Crippen LogP contribution >= 0.6 is 46.4 Å². The minimum absolute atomic E-state index is 0.0891. The summed E-state index contributed by atoms with van der Waals surface area (Å²) in [6.07, 6.45) is 5.30. The molecule has 6 aliphatic rings. The van der Waals surface area contributed by atoms with Crippen molar-refractivity contribution in [3.8, 4) is 11.9 Å². The molecular formula is C39H55Cl4N9O9. The Hall–Kier alpha value is -2.88. The Morgan fingerprint density at radius 2 is 0.820 bits per heavy atom. The van der Waals surface area contributed by atoms with Crippen molar-refractivity contribution in [2.24, 2.45) is 0 Å². The Morgan fingerprint density at radius 3 is 1.26 bits per heavy atom. The van der Waals surface area contributed by atoms with E-state index >= 15 is 0 Å². The van der Waals surface area contributed by atoms with Crippen molar-refractivity contribution in [1.29, 1.82) is 0 Å². The first-order valence-electron chi connectivity index (χ1n) is 20.8. The highest BCUT2D eigenvalue weighted by molar-refractivity contribution is 6.32. The molecule has 3 aromatic heterocycles. The van der Waals surface area contributed by atoms with Gasteiger partial charge < -0.3 is 57.7 Å². The molecule has 0 aliphatic carbocycles. The maximum atomic E-state index is 8.83. The fourth-order valence-corrected chi connectivity index (χ4v) is 7.46. The van der Waals surface area contributed by atoms with Gasteiger partial charge in [-0.2, -0.15) is 15.0 Å². The van der Waals surface area contributed by atoms with Crippen LogP contribution in [0.2, 0.25) is 20.9 Å². The van der Waals surface area contributed by atoms with Gasteiger partial charge in [0, 0.05) is 96.4 Å². The summed E-state index contributed by atoms with van der Waals surface area (Å²) in [5.74, 6) is 2.91. The Kier molecular flexibility index (Phi) is 20.3. The van der Waals surface area contributed by atoms with Crippen LogP contribution < -0.4 is 24.2 Å². The van der Waals surface area contributed by atoms with Crippen LogP contribution in [0.5, 0.6) is 11.9 Å². The van der Waals surface area contributed by atoms with Crippen LogP contribution in [-0.2, 0) is 28.4 Å². The molecule has 0 spiro atoms. The molecule has 9 heterocycles. The molecule has 6 fully saturated rings. The summed E-state index contributed by atoms with van der Waals surface area (Å²) in [4.78, 5) is 31.3. The van der Waals surface area contributed by atoms with Crippen molar-refractivity contribution in [3.05, 3.63) is 39.1 Å². The summed E-state index contributed by atoms with van der Waals surface area (Å²) in [7, 11) is 0. The average molecular weight is 936 g/mol. The lowest BCUT2D eigenvalue weighted by molar-refractivity contribution is 0.0140. The number of aliphatic hydroxyl groups excluding tert-OH is 1. The number of anilines is 3. The summed E-state index contributed by atoms with van der Waals surface area (Å²) in [6, 6.07) is 5.68. The van der Waals surface area contributed by atoms with Crippen molar-refractivity contribution in [1.82, 2.24) is 29.9 Å². The molecule has 0 radical (unpaired) electrons. The molecule has 9 rings (SSSR count). The molecule has 0 saturated carbocycles. The molecule has 6 saturated heterocycles. The first kappa shape index (κ1) is 47.6. The van der Waals surface area contributed by atoms with Crippen molar-refractivity contribution in [2.75, 3.05) is 133 Å². The van der Waals surface area contributed by atoms with Crippen LogP contribution in [0.3, 0.4) is 0 Å². The lowest BCUT2D eigenvalue weighted by Gasteiger charge is -2.28. The molecular weight excluding hydrogens is 880 g/mol. The van der Waals surface area contributed by atoms with Crippen LogP contribution in [0, 0.1) is 0 Å². The first-order chi connectivity index (χ1) is 29.8. The molecule has 22 heteroatoms. The number of aliphatic hydroxyl groups is 1. The summed E-state index contributed by atoms with van der Waals surface area (Å²) in [6.45, 7) is 13.5. The fraction of sp³-hybridized carbons (Fsp3) is 0.692. The maximum absolute atomic E-state index is 8.83. The zero-order chi connectivity index (χ0) is 42.7. The largest absolute Gasteiger partial charge is 0.474 e. The van der Waals surface area contributed by atoms with Crippen molar-refractivity contribution in [3.63, 3.8) is 0 Å². The van der Waals surface area contributed by atoms with Crippen LogP contribution in [0.25, 0.3) is 0 Å². The third-order valence-electron chi connectivity index (χ3n) is 10.1. The molecule has 0 aromatic carbocycles. The summed E-state index contributed by atoms with van der Waals surface area (Å²) >= 11 is 23.6. The van der Waals surface area contributed by atoms with Crippen LogP contribution in [0.1, 0.15) is 38.5 Å². The van der Waals surface area contributed by atoms with Gasteiger partial charge >= 0.3 is 6.01 Å². The van der Waals surface area contributed by atoms with E-state index in [9.17, 15) is 0 Å². The molecule has 6 aliphatic heterocycles. The Morgan fingerprint density at radius 1 is 0.443 bits per heavy atom. The molecule has 18 nitrogen and oxygen atoms in total. The second-order valence-electron chi connectivity index (χ2n) is 14.5. The van der Waals surface area contributed by atoms with Gasteiger partial charge in [0.05, 0.1) is 72.2 Å². The molecule has 1 N–H and O–H groups in total. The highest BCUT2D eigenvalue weighted by atomic mass is 35.5. The molecule has 0 bridgehead atoms. The number of hydrogen-bond donors (Lipinski definition) is 1. The fourth-order valence-electron chi connectivity index (χ4n) is 6.72. The SMILES string of the molecule is Clc1cc(N2CCOCC2)nc(Cl)n1.Clc1cc(N2CCOCC2)nc(OC2CCOCC2)n1.Clc1nc(OC2CCOCC2)cc(N2CCOCC2)n1.OC1CCOCC1. The highest BCUT2D eigenvalue weighted by Crippen LogP contribution is 2.25. The van der Waals surface area contributed by atoms with E-state index in [4.69, 9.17) is 89.4 Å². The number of hydrogen-bond acceptors (Lipinski definition) is 18. The minimum Gasteiger partial charge on any atom is -0.474 e. The van der Waals surface area contributed by atoms with E-state index in [2.05, 4.69) is 44.6 Å². The minimum atomic E-state index is -0.0891. The summed E-state index contributed by atoms with van der Waals surface area (Å²) < 4.78 is 43.2. The number of halogens is 4. The zero-order valence-corrected chi connectivity index (χ0v) is 37.2. The smallest absolute Gasteiger partial charge is 0.320 e. The van der Waals surface area contributed by atoms with Gasteiger partial charge in [0.15, 0.2) is 0 Å².